The van der Waals surface area contributed by atoms with Crippen LogP contribution in [0, 0.1) is 0 Å². The number of phenolic OH excluding ortho intramolecular Hbond substituents is 1. The lowest BCUT2D eigenvalue weighted by molar-refractivity contribution is -0.137. The normalized spacial score (nSPS) is 17.4. The Labute approximate surface area is 204 Å². The maximum atomic E-state index is 13.4. The van der Waals surface area contributed by atoms with Crippen molar-refractivity contribution in [3.8, 4) is 11.5 Å². The molecule has 0 spiro atoms. The first-order chi connectivity index (χ1) is 17.1. The van der Waals surface area contributed by atoms with E-state index in [9.17, 15) is 33.0 Å². The molecule has 0 aliphatic carbocycles. The van der Waals surface area contributed by atoms with E-state index in [4.69, 9.17) is 4.74 Å². The summed E-state index contributed by atoms with van der Waals surface area (Å²) in [6.07, 6.45) is -3.88. The number of hydrogen-bond acceptors (Lipinski definition) is 5. The Morgan fingerprint density at radius 1 is 1.00 bits per heavy atom. The van der Waals surface area contributed by atoms with E-state index >= 15 is 0 Å². The molecule has 0 aromatic heterocycles. The van der Waals surface area contributed by atoms with Crippen LogP contribution in [0.2, 0.25) is 0 Å². The number of hydrogen-bond donors (Lipinski definition) is 2. The average Bonchev–Trinajstić information content (AvgIpc) is 3.12. The van der Waals surface area contributed by atoms with E-state index in [1.54, 1.807) is 12.1 Å². The van der Waals surface area contributed by atoms with Gasteiger partial charge in [-0.2, -0.15) is 13.2 Å². The molecule has 1 fully saturated rings. The van der Waals surface area contributed by atoms with Crippen LogP contribution >= 0.6 is 0 Å². The quantitative estimate of drug-likeness (QED) is 0.254. The SMILES string of the molecule is CCCOc1ccc(/C(O)=C2\C(=O)C(=O)N(c3cccc(C(F)(F)F)c3)C2c2cccc(O)c2)cc1. The average molecular weight is 497 g/mol. The van der Waals surface area contributed by atoms with Gasteiger partial charge in [0.25, 0.3) is 11.7 Å². The van der Waals surface area contributed by atoms with Crippen LogP contribution in [-0.4, -0.2) is 28.5 Å². The van der Waals surface area contributed by atoms with Crippen LogP contribution in [0.1, 0.15) is 36.1 Å². The Bertz CT molecular complexity index is 1330. The lowest BCUT2D eigenvalue weighted by atomic mass is 9.95. The molecule has 1 atom stereocenters. The number of carbonyl (C=O) groups excluding carboxylic acids is 2. The minimum absolute atomic E-state index is 0.178. The van der Waals surface area contributed by atoms with E-state index in [0.717, 1.165) is 29.5 Å². The number of aromatic hydroxyl groups is 1. The van der Waals surface area contributed by atoms with Gasteiger partial charge in [0.05, 0.1) is 23.8 Å². The fourth-order valence-corrected chi connectivity index (χ4v) is 4.03. The van der Waals surface area contributed by atoms with Crippen molar-refractivity contribution in [3.63, 3.8) is 0 Å². The molecule has 1 aliphatic heterocycles. The highest BCUT2D eigenvalue weighted by molar-refractivity contribution is 6.51. The number of amides is 1. The van der Waals surface area contributed by atoms with Gasteiger partial charge in [-0.05, 0) is 66.6 Å². The molecular formula is C27H22F3NO5. The van der Waals surface area contributed by atoms with Crippen molar-refractivity contribution in [2.75, 3.05) is 11.5 Å². The third-order valence-corrected chi connectivity index (χ3v) is 5.68. The monoisotopic (exact) mass is 497 g/mol. The molecule has 2 N–H and O–H groups in total. The van der Waals surface area contributed by atoms with E-state index < -0.39 is 35.2 Å². The number of nitrogens with zero attached hydrogens (tertiary/aromatic N) is 1. The molecule has 36 heavy (non-hydrogen) atoms. The van der Waals surface area contributed by atoms with Crippen LogP contribution in [0.25, 0.3) is 5.76 Å². The van der Waals surface area contributed by atoms with Gasteiger partial charge in [0.15, 0.2) is 0 Å². The van der Waals surface area contributed by atoms with Crippen LogP contribution in [-0.2, 0) is 15.8 Å². The maximum absolute atomic E-state index is 13.4. The predicted molar refractivity (Wildman–Crippen MR) is 127 cm³/mol. The number of ether oxygens (including phenoxy) is 1. The van der Waals surface area contributed by atoms with Crippen molar-refractivity contribution in [2.45, 2.75) is 25.6 Å². The van der Waals surface area contributed by atoms with Crippen LogP contribution in [0.3, 0.4) is 0 Å². The van der Waals surface area contributed by atoms with E-state index in [-0.39, 0.29) is 28.1 Å². The van der Waals surface area contributed by atoms with E-state index in [1.165, 1.54) is 42.5 Å². The maximum Gasteiger partial charge on any atom is 0.416 e. The van der Waals surface area contributed by atoms with Gasteiger partial charge >= 0.3 is 6.18 Å². The van der Waals surface area contributed by atoms with E-state index in [0.29, 0.717) is 12.4 Å². The number of halogens is 3. The molecule has 1 unspecified atom stereocenters. The molecule has 186 valence electrons. The number of aliphatic hydroxyl groups excluding tert-OH is 1. The summed E-state index contributed by atoms with van der Waals surface area (Å²) in [7, 11) is 0. The highest BCUT2D eigenvalue weighted by atomic mass is 19.4. The Balaban J connectivity index is 1.87. The van der Waals surface area contributed by atoms with Gasteiger partial charge < -0.3 is 14.9 Å². The predicted octanol–water partition coefficient (Wildman–Crippen LogP) is 5.83. The number of carbonyl (C=O) groups is 2. The molecule has 4 rings (SSSR count). The molecule has 3 aromatic carbocycles. The van der Waals surface area contributed by atoms with Crippen molar-refractivity contribution in [3.05, 3.63) is 95.1 Å². The summed E-state index contributed by atoms with van der Waals surface area (Å²) in [5.41, 5.74) is -1.05. The topological polar surface area (TPSA) is 87.1 Å². The van der Waals surface area contributed by atoms with Gasteiger partial charge in [-0.15, -0.1) is 0 Å². The number of Topliss-reactive ketones (excluding diaryl/α,β-unsaturated/α-hetero) is 1. The third kappa shape index (κ3) is 4.77. The summed E-state index contributed by atoms with van der Waals surface area (Å²) < 4.78 is 45.6. The second-order valence-corrected chi connectivity index (χ2v) is 8.19. The molecule has 3 aromatic rings. The second kappa shape index (κ2) is 9.77. The van der Waals surface area contributed by atoms with Crippen LogP contribution in [0.4, 0.5) is 18.9 Å². The Kier molecular flexibility index (Phi) is 6.74. The molecule has 9 heteroatoms. The highest BCUT2D eigenvalue weighted by Crippen LogP contribution is 2.44. The van der Waals surface area contributed by atoms with Crippen molar-refractivity contribution >= 4 is 23.1 Å². The zero-order valence-corrected chi connectivity index (χ0v) is 19.1. The van der Waals surface area contributed by atoms with E-state index in [2.05, 4.69) is 0 Å². The molecule has 1 amide bonds. The van der Waals surface area contributed by atoms with Crippen molar-refractivity contribution in [2.24, 2.45) is 0 Å². The summed E-state index contributed by atoms with van der Waals surface area (Å²) in [6.45, 7) is 2.44. The van der Waals surface area contributed by atoms with Gasteiger partial charge in [-0.3, -0.25) is 14.5 Å². The molecule has 1 heterocycles. The zero-order chi connectivity index (χ0) is 26.0. The van der Waals surface area contributed by atoms with Crippen molar-refractivity contribution in [1.29, 1.82) is 0 Å². The lowest BCUT2D eigenvalue weighted by Gasteiger charge is -2.26. The lowest BCUT2D eigenvalue weighted by Crippen LogP contribution is -2.29. The number of ketones is 1. The first-order valence-electron chi connectivity index (χ1n) is 11.1. The Hall–Kier alpha value is -4.27. The molecular weight excluding hydrogens is 475 g/mol. The number of alkyl halides is 3. The fourth-order valence-electron chi connectivity index (χ4n) is 4.03. The minimum Gasteiger partial charge on any atom is -0.508 e. The molecule has 0 radical (unpaired) electrons. The number of aliphatic hydroxyl groups is 1. The summed E-state index contributed by atoms with van der Waals surface area (Å²) in [4.78, 5) is 27.2. The number of anilines is 1. The zero-order valence-electron chi connectivity index (χ0n) is 19.1. The van der Waals surface area contributed by atoms with Gasteiger partial charge in [0, 0.05) is 11.3 Å². The van der Waals surface area contributed by atoms with Gasteiger partial charge in [-0.1, -0.05) is 25.1 Å². The second-order valence-electron chi connectivity index (χ2n) is 8.19. The number of rotatable bonds is 6. The molecule has 1 aliphatic rings. The Morgan fingerprint density at radius 2 is 1.69 bits per heavy atom. The number of phenols is 1. The minimum atomic E-state index is -4.67. The van der Waals surface area contributed by atoms with Gasteiger partial charge in [0.2, 0.25) is 0 Å². The fraction of sp³-hybridized carbons (Fsp3) is 0.185. The first kappa shape index (κ1) is 24.8. The summed E-state index contributed by atoms with van der Waals surface area (Å²) in [6, 6.07) is 14.6. The first-order valence-corrected chi connectivity index (χ1v) is 11.1. The third-order valence-electron chi connectivity index (χ3n) is 5.68. The van der Waals surface area contributed by atoms with Gasteiger partial charge in [-0.25, -0.2) is 0 Å². The van der Waals surface area contributed by atoms with Crippen LogP contribution in [0.5, 0.6) is 11.5 Å². The summed E-state index contributed by atoms with van der Waals surface area (Å²) in [5, 5.41) is 21.1. The largest absolute Gasteiger partial charge is 0.508 e. The molecule has 0 saturated carbocycles. The van der Waals surface area contributed by atoms with Crippen LogP contribution in [0.15, 0.2) is 78.4 Å². The molecule has 1 saturated heterocycles. The summed E-state index contributed by atoms with van der Waals surface area (Å²) in [5.74, 6) is -2.31. The summed E-state index contributed by atoms with van der Waals surface area (Å²) >= 11 is 0. The van der Waals surface area contributed by atoms with Crippen molar-refractivity contribution < 1.29 is 37.7 Å². The van der Waals surface area contributed by atoms with Gasteiger partial charge in [0.1, 0.15) is 17.3 Å². The standard InChI is InChI=1S/C27H22F3NO5/c1-2-13-36-21-11-9-16(10-12-21)24(33)22-23(17-5-3-8-20(32)14-17)31(26(35)25(22)34)19-7-4-6-18(15-19)27(28,29)30/h3-12,14-15,23,32-33H,2,13H2,1H3/b24-22+. The number of benzene rings is 3. The Morgan fingerprint density at radius 3 is 2.33 bits per heavy atom. The highest BCUT2D eigenvalue weighted by Gasteiger charge is 2.47. The smallest absolute Gasteiger partial charge is 0.416 e. The molecule has 0 bridgehead atoms. The van der Waals surface area contributed by atoms with Crippen molar-refractivity contribution in [1.82, 2.24) is 0 Å². The van der Waals surface area contributed by atoms with E-state index in [1.807, 2.05) is 6.92 Å². The van der Waals surface area contributed by atoms with Crippen LogP contribution < -0.4 is 9.64 Å². The molecule has 6 nitrogen and oxygen atoms in total.